The molecule has 0 aromatic heterocycles. The molecule has 0 aliphatic heterocycles. The highest BCUT2D eigenvalue weighted by atomic mass is 16.3. The van der Waals surface area contributed by atoms with E-state index in [0.717, 1.165) is 12.8 Å². The summed E-state index contributed by atoms with van der Waals surface area (Å²) in [6.07, 6.45) is 1.75. The SMILES string of the molecule is CCC(CC)C(=O)N(CC)CC(C)(C)O. The molecule has 15 heavy (non-hydrogen) atoms. The molecule has 1 amide bonds. The fraction of sp³-hybridized carbons (Fsp3) is 0.917. The molecule has 0 bridgehead atoms. The maximum absolute atomic E-state index is 12.0. The van der Waals surface area contributed by atoms with Crippen molar-refractivity contribution in [2.24, 2.45) is 5.92 Å². The standard InChI is InChI=1S/C12H25NO2/c1-6-10(7-2)11(14)13(8-3)9-12(4,5)15/h10,15H,6-9H2,1-5H3. The van der Waals surface area contributed by atoms with Crippen LogP contribution in [-0.4, -0.2) is 34.6 Å². The lowest BCUT2D eigenvalue weighted by Gasteiger charge is -2.30. The molecule has 0 fully saturated rings. The van der Waals surface area contributed by atoms with Crippen molar-refractivity contribution in [3.05, 3.63) is 0 Å². The molecule has 0 aromatic carbocycles. The van der Waals surface area contributed by atoms with Crippen LogP contribution in [0.4, 0.5) is 0 Å². The van der Waals surface area contributed by atoms with Gasteiger partial charge in [-0.25, -0.2) is 0 Å². The molecule has 0 rings (SSSR count). The zero-order chi connectivity index (χ0) is 12.1. The van der Waals surface area contributed by atoms with Crippen LogP contribution in [0.1, 0.15) is 47.5 Å². The first-order chi connectivity index (χ1) is 6.85. The molecule has 0 atom stereocenters. The number of amides is 1. The summed E-state index contributed by atoms with van der Waals surface area (Å²) in [5, 5.41) is 9.70. The molecular formula is C12H25NO2. The Morgan fingerprint density at radius 3 is 2.00 bits per heavy atom. The third-order valence-electron chi connectivity index (χ3n) is 2.61. The quantitative estimate of drug-likeness (QED) is 0.736. The molecule has 0 spiro atoms. The monoisotopic (exact) mass is 215 g/mol. The van der Waals surface area contributed by atoms with Crippen molar-refractivity contribution in [1.82, 2.24) is 4.90 Å². The average molecular weight is 215 g/mol. The molecule has 0 radical (unpaired) electrons. The number of likely N-dealkylation sites (N-methyl/N-ethyl adjacent to an activating group) is 1. The van der Waals surface area contributed by atoms with Gasteiger partial charge in [0.25, 0.3) is 0 Å². The molecule has 3 nitrogen and oxygen atoms in total. The zero-order valence-electron chi connectivity index (χ0n) is 10.7. The second kappa shape index (κ2) is 6.11. The summed E-state index contributed by atoms with van der Waals surface area (Å²) in [5.74, 6) is 0.275. The molecule has 0 saturated heterocycles. The van der Waals surface area contributed by atoms with Gasteiger partial charge in [0.1, 0.15) is 0 Å². The number of carbonyl (C=O) groups is 1. The topological polar surface area (TPSA) is 40.5 Å². The van der Waals surface area contributed by atoms with E-state index >= 15 is 0 Å². The normalized spacial score (nSPS) is 11.9. The molecule has 0 aliphatic rings. The summed E-state index contributed by atoms with van der Waals surface area (Å²) in [4.78, 5) is 13.8. The number of aliphatic hydroxyl groups is 1. The first-order valence-electron chi connectivity index (χ1n) is 5.86. The lowest BCUT2D eigenvalue weighted by atomic mass is 10.0. The summed E-state index contributed by atoms with van der Waals surface area (Å²) in [7, 11) is 0. The summed E-state index contributed by atoms with van der Waals surface area (Å²) >= 11 is 0. The third kappa shape index (κ3) is 5.17. The van der Waals surface area contributed by atoms with Crippen molar-refractivity contribution < 1.29 is 9.90 Å². The van der Waals surface area contributed by atoms with Crippen LogP contribution in [0.15, 0.2) is 0 Å². The Balaban J connectivity index is 4.46. The van der Waals surface area contributed by atoms with E-state index in [9.17, 15) is 9.90 Å². The van der Waals surface area contributed by atoms with Crippen molar-refractivity contribution in [3.8, 4) is 0 Å². The van der Waals surface area contributed by atoms with E-state index in [2.05, 4.69) is 0 Å². The summed E-state index contributed by atoms with van der Waals surface area (Å²) in [5.41, 5.74) is -0.808. The Bertz CT molecular complexity index is 192. The maximum Gasteiger partial charge on any atom is 0.225 e. The van der Waals surface area contributed by atoms with Gasteiger partial charge in [0.15, 0.2) is 0 Å². The molecule has 0 aliphatic carbocycles. The molecule has 0 unspecified atom stereocenters. The Kier molecular flexibility index (Phi) is 5.88. The third-order valence-corrected chi connectivity index (χ3v) is 2.61. The first kappa shape index (κ1) is 14.4. The molecule has 3 heteroatoms. The second-order valence-electron chi connectivity index (χ2n) is 4.68. The van der Waals surface area contributed by atoms with Gasteiger partial charge in [-0.3, -0.25) is 4.79 Å². The molecule has 0 heterocycles. The van der Waals surface area contributed by atoms with Gasteiger partial charge >= 0.3 is 0 Å². The van der Waals surface area contributed by atoms with Crippen LogP contribution in [-0.2, 0) is 4.79 Å². The highest BCUT2D eigenvalue weighted by molar-refractivity contribution is 5.78. The smallest absolute Gasteiger partial charge is 0.225 e. The maximum atomic E-state index is 12.0. The van der Waals surface area contributed by atoms with Crippen LogP contribution in [0.2, 0.25) is 0 Å². The van der Waals surface area contributed by atoms with Crippen LogP contribution < -0.4 is 0 Å². The van der Waals surface area contributed by atoms with Gasteiger partial charge in [-0.15, -0.1) is 0 Å². The van der Waals surface area contributed by atoms with Crippen LogP contribution in [0, 0.1) is 5.92 Å². The predicted molar refractivity (Wildman–Crippen MR) is 62.6 cm³/mol. The number of hydrogen-bond acceptors (Lipinski definition) is 2. The lowest BCUT2D eigenvalue weighted by Crippen LogP contribution is -2.44. The van der Waals surface area contributed by atoms with Crippen LogP contribution in [0.25, 0.3) is 0 Å². The Morgan fingerprint density at radius 2 is 1.73 bits per heavy atom. The Hall–Kier alpha value is -0.570. The van der Waals surface area contributed by atoms with Crippen molar-refractivity contribution in [1.29, 1.82) is 0 Å². The number of hydrogen-bond donors (Lipinski definition) is 1. The summed E-state index contributed by atoms with van der Waals surface area (Å²) < 4.78 is 0. The molecule has 0 aromatic rings. The van der Waals surface area contributed by atoms with Crippen molar-refractivity contribution in [2.45, 2.75) is 53.1 Å². The minimum Gasteiger partial charge on any atom is -0.389 e. The molecule has 0 saturated carbocycles. The predicted octanol–water partition coefficient (Wildman–Crippen LogP) is 2.04. The molecule has 90 valence electrons. The summed E-state index contributed by atoms with van der Waals surface area (Å²) in [6, 6.07) is 0. The van der Waals surface area contributed by atoms with Gasteiger partial charge < -0.3 is 10.0 Å². The summed E-state index contributed by atoms with van der Waals surface area (Å²) in [6.45, 7) is 10.6. The van der Waals surface area contributed by atoms with Crippen LogP contribution in [0.3, 0.4) is 0 Å². The largest absolute Gasteiger partial charge is 0.389 e. The molecule has 1 N–H and O–H groups in total. The highest BCUT2D eigenvalue weighted by Crippen LogP contribution is 2.14. The first-order valence-corrected chi connectivity index (χ1v) is 5.86. The number of carbonyl (C=O) groups excluding carboxylic acids is 1. The molecular weight excluding hydrogens is 190 g/mol. The van der Waals surface area contributed by atoms with E-state index in [1.54, 1.807) is 18.7 Å². The van der Waals surface area contributed by atoms with Crippen molar-refractivity contribution in [3.63, 3.8) is 0 Å². The fourth-order valence-corrected chi connectivity index (χ4v) is 1.71. The zero-order valence-corrected chi connectivity index (χ0v) is 10.7. The van der Waals surface area contributed by atoms with Crippen LogP contribution >= 0.6 is 0 Å². The average Bonchev–Trinajstić information content (AvgIpc) is 2.14. The van der Waals surface area contributed by atoms with Gasteiger partial charge in [0.2, 0.25) is 5.91 Å². The van der Waals surface area contributed by atoms with Crippen LogP contribution in [0.5, 0.6) is 0 Å². The second-order valence-corrected chi connectivity index (χ2v) is 4.68. The minimum atomic E-state index is -0.808. The van der Waals surface area contributed by atoms with Gasteiger partial charge in [-0.2, -0.15) is 0 Å². The van der Waals surface area contributed by atoms with Gasteiger partial charge in [-0.05, 0) is 33.6 Å². The number of rotatable bonds is 6. The van der Waals surface area contributed by atoms with E-state index in [0.29, 0.717) is 13.1 Å². The van der Waals surface area contributed by atoms with Crippen molar-refractivity contribution in [2.75, 3.05) is 13.1 Å². The van der Waals surface area contributed by atoms with E-state index in [4.69, 9.17) is 0 Å². The Labute approximate surface area is 93.5 Å². The van der Waals surface area contributed by atoms with Gasteiger partial charge in [0, 0.05) is 19.0 Å². The van der Waals surface area contributed by atoms with E-state index in [-0.39, 0.29) is 11.8 Å². The Morgan fingerprint density at radius 1 is 1.27 bits per heavy atom. The van der Waals surface area contributed by atoms with Gasteiger partial charge in [0.05, 0.1) is 5.60 Å². The number of nitrogens with zero attached hydrogens (tertiary/aromatic N) is 1. The van der Waals surface area contributed by atoms with E-state index in [1.165, 1.54) is 0 Å². The fourth-order valence-electron chi connectivity index (χ4n) is 1.71. The van der Waals surface area contributed by atoms with E-state index in [1.807, 2.05) is 20.8 Å². The minimum absolute atomic E-state index is 0.104. The lowest BCUT2D eigenvalue weighted by molar-refractivity contribution is -0.138. The van der Waals surface area contributed by atoms with E-state index < -0.39 is 5.60 Å². The van der Waals surface area contributed by atoms with Crippen molar-refractivity contribution >= 4 is 5.91 Å². The van der Waals surface area contributed by atoms with Gasteiger partial charge in [-0.1, -0.05) is 13.8 Å². The highest BCUT2D eigenvalue weighted by Gasteiger charge is 2.25.